The van der Waals surface area contributed by atoms with E-state index in [0.29, 0.717) is 18.8 Å². The lowest BCUT2D eigenvalue weighted by Gasteiger charge is -2.27. The van der Waals surface area contributed by atoms with Gasteiger partial charge in [-0.25, -0.2) is 5.43 Å². The molecule has 0 amide bonds. The van der Waals surface area contributed by atoms with Crippen LogP contribution in [0.3, 0.4) is 0 Å². The molecule has 0 aromatic heterocycles. The first-order chi connectivity index (χ1) is 13.3. The van der Waals surface area contributed by atoms with Crippen molar-refractivity contribution in [3.8, 4) is 5.75 Å². The molecule has 0 aliphatic heterocycles. The largest absolute Gasteiger partial charge is 0.487 e. The summed E-state index contributed by atoms with van der Waals surface area (Å²) in [5.41, 5.74) is 1.53. The lowest BCUT2D eigenvalue weighted by Crippen LogP contribution is -2.58. The maximum atomic E-state index is 13.3. The average molecular weight is 646 g/mol. The normalized spacial score (nSPS) is 13.0. The van der Waals surface area contributed by atoms with Gasteiger partial charge in [-0.1, -0.05) is 30.3 Å². The van der Waals surface area contributed by atoms with Gasteiger partial charge in [0.1, 0.15) is 12.4 Å². The first kappa shape index (κ1) is 24.0. The molecule has 3 nitrogen and oxygen atoms in total. The molecule has 2 aromatic carbocycles. The number of hydrogen-bond acceptors (Lipinski definition) is 3. The van der Waals surface area contributed by atoms with Crippen LogP contribution in [0.2, 0.25) is 0 Å². The highest BCUT2D eigenvalue weighted by molar-refractivity contribution is 14.1. The van der Waals surface area contributed by atoms with E-state index in [-0.39, 0.29) is 17.9 Å². The van der Waals surface area contributed by atoms with Crippen molar-refractivity contribution in [1.82, 2.24) is 5.43 Å². The molecule has 0 radical (unpaired) electrons. The second kappa shape index (κ2) is 9.22. The molecule has 0 spiro atoms. The molecule has 0 saturated carbocycles. The van der Waals surface area contributed by atoms with Crippen LogP contribution in [0.15, 0.2) is 47.6 Å². The summed E-state index contributed by atoms with van der Waals surface area (Å²) < 4.78 is 95.8. The Labute approximate surface area is 188 Å². The Morgan fingerprint density at radius 1 is 0.966 bits per heavy atom. The fraction of sp³-hybridized carbons (Fsp3) is 0.235. The third-order valence-corrected chi connectivity index (χ3v) is 4.85. The molecule has 0 fully saturated rings. The van der Waals surface area contributed by atoms with Crippen LogP contribution in [0.5, 0.6) is 5.75 Å². The second-order valence-electron chi connectivity index (χ2n) is 5.60. The van der Waals surface area contributed by atoms with Gasteiger partial charge in [0.25, 0.3) is 0 Å². The molecule has 158 valence electrons. The number of benzene rings is 2. The summed E-state index contributed by atoms with van der Waals surface area (Å²) in [5, 5.41) is 2.90. The first-order valence-electron chi connectivity index (χ1n) is 7.63. The van der Waals surface area contributed by atoms with E-state index in [1.807, 2.05) is 45.2 Å². The topological polar surface area (TPSA) is 33.6 Å². The molecule has 0 unspecified atom stereocenters. The monoisotopic (exact) mass is 646 g/mol. The minimum Gasteiger partial charge on any atom is -0.487 e. The molecular weight excluding hydrogens is 635 g/mol. The molecule has 0 aliphatic rings. The lowest BCUT2D eigenvalue weighted by atomic mass is 10.2. The van der Waals surface area contributed by atoms with Crippen molar-refractivity contribution in [3.05, 3.63) is 60.7 Å². The lowest BCUT2D eigenvalue weighted by molar-refractivity contribution is -0.361. The van der Waals surface area contributed by atoms with Gasteiger partial charge in [-0.15, -0.1) is 0 Å². The van der Waals surface area contributed by atoms with Gasteiger partial charge in [-0.3, -0.25) is 0 Å². The van der Waals surface area contributed by atoms with E-state index in [1.54, 1.807) is 36.4 Å². The summed E-state index contributed by atoms with van der Waals surface area (Å²) >= 11 is 3.84. The predicted octanol–water partition coefficient (Wildman–Crippen LogP) is 6.19. The maximum Gasteiger partial charge on any atom is 0.462 e. The van der Waals surface area contributed by atoms with Gasteiger partial charge in [-0.05, 0) is 62.9 Å². The van der Waals surface area contributed by atoms with E-state index in [1.165, 1.54) is 6.07 Å². The molecule has 0 heterocycles. The van der Waals surface area contributed by atoms with Crippen LogP contribution in [-0.4, -0.2) is 24.4 Å². The number of hydrogen-bond donors (Lipinski definition) is 1. The number of hydrazone groups is 1. The van der Waals surface area contributed by atoms with E-state index in [2.05, 4.69) is 5.10 Å². The summed E-state index contributed by atoms with van der Waals surface area (Å²) in [7, 11) is 0. The predicted molar refractivity (Wildman–Crippen MR) is 109 cm³/mol. The van der Waals surface area contributed by atoms with Crippen molar-refractivity contribution in [2.75, 3.05) is 0 Å². The molecule has 0 aliphatic carbocycles. The fourth-order valence-corrected chi connectivity index (χ4v) is 4.03. The Balaban J connectivity index is 2.23. The third-order valence-electron chi connectivity index (χ3n) is 3.42. The minimum atomic E-state index is -6.44. The zero-order valence-corrected chi connectivity index (χ0v) is 18.4. The van der Waals surface area contributed by atoms with Crippen LogP contribution in [0.25, 0.3) is 0 Å². The highest BCUT2D eigenvalue weighted by Gasteiger charge is 2.73. The van der Waals surface area contributed by atoms with Crippen LogP contribution < -0.4 is 10.2 Å². The van der Waals surface area contributed by atoms with Crippen molar-refractivity contribution in [2.24, 2.45) is 5.10 Å². The molecule has 1 N–H and O–H groups in total. The number of rotatable bonds is 7. The van der Waals surface area contributed by atoms with Crippen molar-refractivity contribution in [1.29, 1.82) is 0 Å². The van der Waals surface area contributed by atoms with Crippen LogP contribution in [-0.2, 0) is 6.61 Å². The van der Waals surface area contributed by atoms with Gasteiger partial charge in [0.15, 0.2) is 0 Å². The fourth-order valence-electron chi connectivity index (χ4n) is 1.99. The van der Waals surface area contributed by atoms with Gasteiger partial charge in [0, 0.05) is 9.13 Å². The van der Waals surface area contributed by atoms with E-state index in [0.717, 1.165) is 5.56 Å². The number of nitrogens with one attached hydrogen (secondary N) is 1. The quantitative estimate of drug-likeness (QED) is 0.128. The Morgan fingerprint density at radius 3 is 2.17 bits per heavy atom. The zero-order valence-electron chi connectivity index (χ0n) is 14.1. The van der Waals surface area contributed by atoms with E-state index in [4.69, 9.17) is 4.74 Å². The second-order valence-corrected chi connectivity index (χ2v) is 8.00. The van der Waals surface area contributed by atoms with Crippen LogP contribution in [0.1, 0.15) is 11.1 Å². The summed E-state index contributed by atoms with van der Waals surface area (Å²) in [6.07, 6.45) is -5.74. The SMILES string of the molecule is FC(F)(F)C(F)(F)C(F)(F)N/N=C\c1cc(I)cc(I)c1OCc1ccccc1. The number of alkyl halides is 7. The summed E-state index contributed by atoms with van der Waals surface area (Å²) in [6, 6.07) is 6.47. The highest BCUT2D eigenvalue weighted by Crippen LogP contribution is 2.45. The third kappa shape index (κ3) is 5.86. The number of ether oxygens (including phenoxy) is 1. The van der Waals surface area contributed by atoms with Crippen LogP contribution >= 0.6 is 45.2 Å². The molecule has 0 bridgehead atoms. The van der Waals surface area contributed by atoms with E-state index >= 15 is 0 Å². The van der Waals surface area contributed by atoms with Crippen molar-refractivity contribution in [3.63, 3.8) is 0 Å². The molecule has 2 rings (SSSR count). The van der Waals surface area contributed by atoms with Crippen molar-refractivity contribution in [2.45, 2.75) is 24.8 Å². The number of nitrogens with zero attached hydrogens (tertiary/aromatic N) is 1. The molecular formula is C17H11F7I2N2O. The van der Waals surface area contributed by atoms with Gasteiger partial charge in [0.2, 0.25) is 0 Å². The molecule has 2 aromatic rings. The minimum absolute atomic E-state index is 0.119. The molecule has 12 heteroatoms. The number of halogens is 9. The van der Waals surface area contributed by atoms with Gasteiger partial charge in [-0.2, -0.15) is 35.8 Å². The smallest absolute Gasteiger partial charge is 0.462 e. The average Bonchev–Trinajstić information content (AvgIpc) is 2.60. The van der Waals surface area contributed by atoms with E-state index < -0.39 is 18.1 Å². The Hall–Kier alpha value is -1.32. The van der Waals surface area contributed by atoms with Crippen molar-refractivity contribution >= 4 is 51.4 Å². The Morgan fingerprint density at radius 2 is 1.59 bits per heavy atom. The highest BCUT2D eigenvalue weighted by atomic mass is 127. The van der Waals surface area contributed by atoms with Crippen LogP contribution in [0, 0.1) is 7.14 Å². The van der Waals surface area contributed by atoms with Crippen molar-refractivity contribution < 1.29 is 35.5 Å². The van der Waals surface area contributed by atoms with Crippen LogP contribution in [0.4, 0.5) is 30.7 Å². The standard InChI is InChI=1S/C17H11F7I2N2O/c18-15(19,16(20,21)22)17(23,24)28-27-8-11-6-12(25)7-13(26)14(11)29-9-10-4-2-1-3-5-10/h1-8,28H,9H2/b27-8-. The zero-order chi connectivity index (χ0) is 21.9. The van der Waals surface area contributed by atoms with Gasteiger partial charge >= 0.3 is 18.1 Å². The first-order valence-corrected chi connectivity index (χ1v) is 9.79. The molecule has 0 atom stereocenters. The van der Waals surface area contributed by atoms with Gasteiger partial charge < -0.3 is 4.74 Å². The summed E-state index contributed by atoms with van der Waals surface area (Å²) in [6.45, 7) is 0.119. The Kier molecular flexibility index (Phi) is 7.62. The molecule has 0 saturated heterocycles. The summed E-state index contributed by atoms with van der Waals surface area (Å²) in [5.74, 6) is -6.09. The Bertz CT molecular complexity index is 874. The van der Waals surface area contributed by atoms with Gasteiger partial charge in [0.05, 0.1) is 9.78 Å². The maximum absolute atomic E-state index is 13.3. The van der Waals surface area contributed by atoms with E-state index in [9.17, 15) is 30.7 Å². The summed E-state index contributed by atoms with van der Waals surface area (Å²) in [4.78, 5) is 0. The molecule has 29 heavy (non-hydrogen) atoms.